The van der Waals surface area contributed by atoms with Gasteiger partial charge in [0.05, 0.1) is 18.4 Å². The van der Waals surface area contributed by atoms with E-state index in [2.05, 4.69) is 0 Å². The van der Waals surface area contributed by atoms with Crippen molar-refractivity contribution in [1.29, 1.82) is 0 Å². The van der Waals surface area contributed by atoms with Crippen LogP contribution in [0.4, 0.5) is 8.78 Å². The van der Waals surface area contributed by atoms with Crippen LogP contribution in [0.5, 0.6) is 0 Å². The average Bonchev–Trinajstić information content (AvgIpc) is 2.33. The maximum Gasteiger partial charge on any atom is 0.218 e. The maximum absolute atomic E-state index is 13.6. The fraction of sp³-hybridized carbons (Fsp3) is 0.571. The Morgan fingerprint density at radius 3 is 2.10 bits per heavy atom. The van der Waals surface area contributed by atoms with Crippen molar-refractivity contribution >= 4 is 10.0 Å². The van der Waals surface area contributed by atoms with Crippen molar-refractivity contribution in [2.45, 2.75) is 32.6 Å². The Morgan fingerprint density at radius 1 is 1.24 bits per heavy atom. The molecule has 0 aromatic heterocycles. The molecule has 0 aliphatic carbocycles. The lowest BCUT2D eigenvalue weighted by atomic mass is 9.87. The lowest BCUT2D eigenvalue weighted by Gasteiger charge is -2.36. The zero-order valence-electron chi connectivity index (χ0n) is 12.6. The summed E-state index contributed by atoms with van der Waals surface area (Å²) in [5, 5.41) is 9.42. The molecule has 1 atom stereocenters. The van der Waals surface area contributed by atoms with Crippen LogP contribution in [0.3, 0.4) is 0 Å². The molecule has 0 amide bonds. The molecule has 7 heteroatoms. The molecule has 21 heavy (non-hydrogen) atoms. The second-order valence-electron chi connectivity index (χ2n) is 6.04. The predicted octanol–water partition coefficient (Wildman–Crippen LogP) is 2.13. The van der Waals surface area contributed by atoms with E-state index in [9.17, 15) is 22.3 Å². The van der Waals surface area contributed by atoms with Crippen molar-refractivity contribution in [1.82, 2.24) is 4.31 Å². The molecule has 120 valence electrons. The van der Waals surface area contributed by atoms with Crippen molar-refractivity contribution in [2.75, 3.05) is 13.7 Å². The van der Waals surface area contributed by atoms with Crippen LogP contribution in [0.25, 0.3) is 0 Å². The van der Waals surface area contributed by atoms with E-state index < -0.39 is 44.4 Å². The summed E-state index contributed by atoms with van der Waals surface area (Å²) in [5.41, 5.74) is -1.00. The molecular formula is C14H21F2NO3S. The van der Waals surface area contributed by atoms with E-state index in [1.807, 2.05) is 0 Å². The minimum Gasteiger partial charge on any atom is -0.395 e. The van der Waals surface area contributed by atoms with Gasteiger partial charge < -0.3 is 5.11 Å². The number of halogens is 2. The van der Waals surface area contributed by atoms with Gasteiger partial charge in [0, 0.05) is 12.6 Å². The molecule has 0 bridgehead atoms. The molecule has 1 aromatic carbocycles. The molecule has 0 saturated heterocycles. The number of benzene rings is 1. The zero-order chi connectivity index (χ0) is 16.4. The first-order chi connectivity index (χ1) is 9.50. The van der Waals surface area contributed by atoms with Crippen molar-refractivity contribution in [3.8, 4) is 0 Å². The molecule has 0 aliphatic heterocycles. The summed E-state index contributed by atoms with van der Waals surface area (Å²) >= 11 is 0. The van der Waals surface area contributed by atoms with Gasteiger partial charge in [-0.1, -0.05) is 26.8 Å². The topological polar surface area (TPSA) is 57.6 Å². The van der Waals surface area contributed by atoms with Crippen molar-refractivity contribution in [3.63, 3.8) is 0 Å². The summed E-state index contributed by atoms with van der Waals surface area (Å²) in [6.45, 7) is 4.97. The number of hydrogen-bond acceptors (Lipinski definition) is 3. The van der Waals surface area contributed by atoms with Gasteiger partial charge in [-0.3, -0.25) is 0 Å². The Kier molecular flexibility index (Phi) is 5.46. The van der Waals surface area contributed by atoms with Crippen LogP contribution < -0.4 is 0 Å². The van der Waals surface area contributed by atoms with Gasteiger partial charge in [-0.2, -0.15) is 4.31 Å². The average molecular weight is 321 g/mol. The number of nitrogens with zero attached hydrogens (tertiary/aromatic N) is 1. The van der Waals surface area contributed by atoms with E-state index in [1.165, 1.54) is 13.1 Å². The number of aliphatic hydroxyl groups excluding tert-OH is 1. The Balaban J connectivity index is 3.12. The number of hydrogen-bond donors (Lipinski definition) is 1. The highest BCUT2D eigenvalue weighted by atomic mass is 32.2. The molecule has 0 fully saturated rings. The van der Waals surface area contributed by atoms with Gasteiger partial charge >= 0.3 is 0 Å². The number of aliphatic hydroxyl groups is 1. The Bertz CT molecular complexity index is 576. The third-order valence-electron chi connectivity index (χ3n) is 3.44. The van der Waals surface area contributed by atoms with Crippen LogP contribution in [0.2, 0.25) is 0 Å². The van der Waals surface area contributed by atoms with Crippen LogP contribution in [-0.4, -0.2) is 37.5 Å². The number of sulfonamides is 1. The molecule has 0 aliphatic rings. The van der Waals surface area contributed by atoms with E-state index in [0.29, 0.717) is 0 Å². The molecule has 0 saturated carbocycles. The number of rotatable bonds is 5. The maximum atomic E-state index is 13.6. The van der Waals surface area contributed by atoms with Gasteiger partial charge in [0.1, 0.15) is 11.6 Å². The highest BCUT2D eigenvalue weighted by Gasteiger charge is 2.35. The third kappa shape index (κ3) is 4.21. The van der Waals surface area contributed by atoms with Crippen molar-refractivity contribution in [2.24, 2.45) is 5.41 Å². The molecule has 1 rings (SSSR count). The molecular weight excluding hydrogens is 300 g/mol. The minimum absolute atomic E-state index is 0.376. The Hall–Kier alpha value is -1.05. The summed E-state index contributed by atoms with van der Waals surface area (Å²) in [4.78, 5) is 0. The standard InChI is InChI=1S/C14H21F2NO3S/c1-14(2,3)13(8-18)17(4)21(19,20)9-10-11(15)6-5-7-12(10)16/h5-7,13,18H,8-9H2,1-4H3. The van der Waals surface area contributed by atoms with Crippen molar-refractivity contribution < 1.29 is 22.3 Å². The van der Waals surface area contributed by atoms with Gasteiger partial charge in [0.25, 0.3) is 0 Å². The Morgan fingerprint density at radius 2 is 1.71 bits per heavy atom. The van der Waals surface area contributed by atoms with Crippen LogP contribution in [0, 0.1) is 17.0 Å². The van der Waals surface area contributed by atoms with Crippen LogP contribution in [-0.2, 0) is 15.8 Å². The molecule has 1 N–H and O–H groups in total. The summed E-state index contributed by atoms with van der Waals surface area (Å²) in [6, 6.07) is 2.52. The normalized spacial score (nSPS) is 14.5. The minimum atomic E-state index is -3.96. The monoisotopic (exact) mass is 321 g/mol. The predicted molar refractivity (Wildman–Crippen MR) is 77.1 cm³/mol. The molecule has 0 heterocycles. The van der Waals surface area contributed by atoms with Gasteiger partial charge in [0.2, 0.25) is 10.0 Å². The van der Waals surface area contributed by atoms with E-state index in [1.54, 1.807) is 20.8 Å². The van der Waals surface area contributed by atoms with Crippen LogP contribution in [0.1, 0.15) is 26.3 Å². The second kappa shape index (κ2) is 6.37. The highest BCUT2D eigenvalue weighted by Crippen LogP contribution is 2.27. The summed E-state index contributed by atoms with van der Waals surface area (Å²) in [5.74, 6) is -2.58. The fourth-order valence-corrected chi connectivity index (χ4v) is 3.70. The lowest BCUT2D eigenvalue weighted by Crippen LogP contribution is -2.47. The first-order valence-corrected chi connectivity index (χ1v) is 8.11. The van der Waals surface area contributed by atoms with Gasteiger partial charge in [-0.25, -0.2) is 17.2 Å². The van der Waals surface area contributed by atoms with E-state index >= 15 is 0 Å². The van der Waals surface area contributed by atoms with Gasteiger partial charge in [0.15, 0.2) is 0 Å². The van der Waals surface area contributed by atoms with E-state index in [4.69, 9.17) is 0 Å². The smallest absolute Gasteiger partial charge is 0.218 e. The van der Waals surface area contributed by atoms with Crippen molar-refractivity contribution in [3.05, 3.63) is 35.4 Å². The summed E-state index contributed by atoms with van der Waals surface area (Å²) in [7, 11) is -2.65. The number of likely N-dealkylation sites (N-methyl/N-ethyl adjacent to an activating group) is 1. The third-order valence-corrected chi connectivity index (χ3v) is 5.22. The summed E-state index contributed by atoms with van der Waals surface area (Å²) in [6.07, 6.45) is 0. The van der Waals surface area contributed by atoms with E-state index in [0.717, 1.165) is 16.4 Å². The van der Waals surface area contributed by atoms with Crippen LogP contribution >= 0.6 is 0 Å². The molecule has 1 aromatic rings. The quantitative estimate of drug-likeness (QED) is 0.904. The Labute approximate surface area is 124 Å². The molecule has 0 radical (unpaired) electrons. The lowest BCUT2D eigenvalue weighted by molar-refractivity contribution is 0.115. The first-order valence-electron chi connectivity index (χ1n) is 6.50. The second-order valence-corrected chi connectivity index (χ2v) is 8.07. The molecule has 1 unspecified atom stereocenters. The largest absolute Gasteiger partial charge is 0.395 e. The molecule has 0 spiro atoms. The van der Waals surface area contributed by atoms with Gasteiger partial charge in [-0.15, -0.1) is 0 Å². The SMILES string of the molecule is CN(C(CO)C(C)(C)C)S(=O)(=O)Cc1c(F)cccc1F. The van der Waals surface area contributed by atoms with E-state index in [-0.39, 0.29) is 6.61 Å². The summed E-state index contributed by atoms with van der Waals surface area (Å²) < 4.78 is 52.8. The van der Waals surface area contributed by atoms with Gasteiger partial charge in [-0.05, 0) is 17.5 Å². The first kappa shape index (κ1) is 18.0. The van der Waals surface area contributed by atoms with Crippen LogP contribution in [0.15, 0.2) is 18.2 Å². The molecule has 4 nitrogen and oxygen atoms in total. The highest BCUT2D eigenvalue weighted by molar-refractivity contribution is 7.88. The zero-order valence-corrected chi connectivity index (χ0v) is 13.4. The fourth-order valence-electron chi connectivity index (χ4n) is 2.08.